The average molecular weight is 321 g/mol. The molecule has 0 bridgehead atoms. The number of hydrogen-bond acceptors (Lipinski definition) is 5. The molecule has 1 aliphatic heterocycles. The minimum absolute atomic E-state index is 0.269. The second-order valence-corrected chi connectivity index (χ2v) is 7.48. The van der Waals surface area contributed by atoms with E-state index in [1.54, 1.807) is 35.6 Å². The topological polar surface area (TPSA) is 61.8 Å². The van der Waals surface area contributed by atoms with Crippen molar-refractivity contribution < 1.29 is 8.42 Å². The molecule has 2 aromatic rings. The molecule has 0 amide bonds. The minimum atomic E-state index is -3.47. The van der Waals surface area contributed by atoms with Crippen molar-refractivity contribution in [3.63, 3.8) is 0 Å². The molecule has 1 aromatic heterocycles. The third-order valence-corrected chi connectivity index (χ3v) is 5.84. The van der Waals surface area contributed by atoms with Crippen LogP contribution in [0.4, 0.5) is 5.69 Å². The van der Waals surface area contributed by atoms with Gasteiger partial charge in [0.15, 0.2) is 0 Å². The third-order valence-electron chi connectivity index (χ3n) is 3.17. The van der Waals surface area contributed by atoms with Crippen LogP contribution in [-0.4, -0.2) is 32.2 Å². The predicted octanol–water partition coefficient (Wildman–Crippen LogP) is 2.20. The van der Waals surface area contributed by atoms with Crippen LogP contribution in [0.1, 0.15) is 4.88 Å². The van der Waals surface area contributed by atoms with Gasteiger partial charge in [0, 0.05) is 24.5 Å². The van der Waals surface area contributed by atoms with Gasteiger partial charge in [0.2, 0.25) is 0 Å². The van der Waals surface area contributed by atoms with Crippen molar-refractivity contribution in [3.05, 3.63) is 46.7 Å². The number of rotatable bonds is 5. The summed E-state index contributed by atoms with van der Waals surface area (Å²) >= 11 is 1.68. The van der Waals surface area contributed by atoms with Crippen LogP contribution >= 0.6 is 11.3 Å². The molecule has 1 aliphatic rings. The summed E-state index contributed by atoms with van der Waals surface area (Å²) in [5.74, 6) is 0. The number of nitrogens with zero attached hydrogens (tertiary/aromatic N) is 2. The Kier molecular flexibility index (Phi) is 4.05. The molecule has 0 saturated heterocycles. The Morgan fingerprint density at radius 1 is 1.19 bits per heavy atom. The van der Waals surface area contributed by atoms with Crippen LogP contribution < -0.4 is 5.32 Å². The fourth-order valence-corrected chi connectivity index (χ4v) is 4.15. The van der Waals surface area contributed by atoms with Crippen molar-refractivity contribution in [1.29, 1.82) is 0 Å². The van der Waals surface area contributed by atoms with Crippen LogP contribution in [0.2, 0.25) is 0 Å². The van der Waals surface area contributed by atoms with Gasteiger partial charge in [-0.3, -0.25) is 4.31 Å². The highest BCUT2D eigenvalue weighted by Gasteiger charge is 2.27. The van der Waals surface area contributed by atoms with Crippen molar-refractivity contribution in [2.24, 2.45) is 4.99 Å². The smallest absolute Gasteiger partial charge is 0.267 e. The minimum Gasteiger partial charge on any atom is -0.310 e. The summed E-state index contributed by atoms with van der Waals surface area (Å²) in [6.45, 7) is 1.69. The highest BCUT2D eigenvalue weighted by Crippen LogP contribution is 2.29. The van der Waals surface area contributed by atoms with Gasteiger partial charge in [0.05, 0.1) is 5.69 Å². The monoisotopic (exact) mass is 321 g/mol. The molecule has 5 nitrogen and oxygen atoms in total. The number of thiophene rings is 1. The van der Waals surface area contributed by atoms with Crippen LogP contribution in [0, 0.1) is 0 Å². The normalized spacial score (nSPS) is 15.9. The first kappa shape index (κ1) is 14.2. The lowest BCUT2D eigenvalue weighted by molar-refractivity contribution is 0.510. The summed E-state index contributed by atoms with van der Waals surface area (Å²) in [6.07, 6.45) is 1.39. The molecular formula is C14H15N3O2S2. The number of hydrogen-bond donors (Lipinski definition) is 1. The van der Waals surface area contributed by atoms with Gasteiger partial charge in [-0.15, -0.1) is 11.3 Å². The molecule has 0 saturated carbocycles. The zero-order chi connectivity index (χ0) is 14.7. The molecule has 7 heteroatoms. The molecule has 21 heavy (non-hydrogen) atoms. The van der Waals surface area contributed by atoms with Crippen molar-refractivity contribution >= 4 is 33.4 Å². The van der Waals surface area contributed by atoms with Crippen LogP contribution in [-0.2, 0) is 16.6 Å². The lowest BCUT2D eigenvalue weighted by Crippen LogP contribution is -2.37. The zero-order valence-electron chi connectivity index (χ0n) is 11.3. The second kappa shape index (κ2) is 5.97. The van der Waals surface area contributed by atoms with Gasteiger partial charge in [-0.05, 0) is 23.6 Å². The molecule has 1 aromatic carbocycles. The molecule has 110 valence electrons. The highest BCUT2D eigenvalue weighted by atomic mass is 32.2. The molecule has 3 rings (SSSR count). The van der Waals surface area contributed by atoms with Crippen molar-refractivity contribution in [2.45, 2.75) is 11.4 Å². The van der Waals surface area contributed by atoms with Crippen LogP contribution in [0.3, 0.4) is 0 Å². The van der Waals surface area contributed by atoms with E-state index in [1.165, 1.54) is 15.5 Å². The van der Waals surface area contributed by atoms with Gasteiger partial charge in [0.25, 0.3) is 10.0 Å². The van der Waals surface area contributed by atoms with E-state index in [1.807, 2.05) is 17.5 Å². The fraction of sp³-hybridized carbons (Fsp3) is 0.214. The van der Waals surface area contributed by atoms with E-state index in [0.717, 1.165) is 6.54 Å². The van der Waals surface area contributed by atoms with Gasteiger partial charge in [-0.25, -0.2) is 13.4 Å². The zero-order valence-corrected chi connectivity index (χ0v) is 12.9. The van der Waals surface area contributed by atoms with Gasteiger partial charge < -0.3 is 5.32 Å². The Morgan fingerprint density at radius 3 is 2.86 bits per heavy atom. The Hall–Kier alpha value is -1.70. The Balaban J connectivity index is 1.62. The van der Waals surface area contributed by atoms with E-state index in [-0.39, 0.29) is 4.90 Å². The summed E-state index contributed by atoms with van der Waals surface area (Å²) in [5, 5.41) is 5.26. The third kappa shape index (κ3) is 2.99. The fourth-order valence-electron chi connectivity index (χ4n) is 2.09. The number of fused-ring (bicyclic) bond motifs is 1. The van der Waals surface area contributed by atoms with Crippen molar-refractivity contribution in [2.75, 3.05) is 13.1 Å². The standard InChI is InChI=1S/C14H15N3O2S2/c18-21(19)14-6-2-1-5-13(14)16-11-17(21)8-7-15-10-12-4-3-9-20-12/h1-6,9,11,15H,7-8,10H2. The van der Waals surface area contributed by atoms with Gasteiger partial charge >= 0.3 is 0 Å². The SMILES string of the molecule is O=S1(=O)c2ccccc2N=CN1CCNCc1cccs1. The second-order valence-electron chi connectivity index (χ2n) is 4.58. The quantitative estimate of drug-likeness (QED) is 0.859. The maximum Gasteiger partial charge on any atom is 0.267 e. The number of sulfonamides is 1. The van der Waals surface area contributed by atoms with Gasteiger partial charge in [-0.1, -0.05) is 18.2 Å². The first-order valence-electron chi connectivity index (χ1n) is 6.56. The van der Waals surface area contributed by atoms with Crippen LogP contribution in [0.15, 0.2) is 51.7 Å². The maximum absolute atomic E-state index is 12.4. The highest BCUT2D eigenvalue weighted by molar-refractivity contribution is 7.89. The summed E-state index contributed by atoms with van der Waals surface area (Å²) < 4.78 is 26.2. The molecular weight excluding hydrogens is 306 g/mol. The summed E-state index contributed by atoms with van der Waals surface area (Å²) in [4.78, 5) is 5.70. The Labute approximate surface area is 128 Å². The molecule has 0 aliphatic carbocycles. The van der Waals surface area contributed by atoms with E-state index in [9.17, 15) is 8.42 Å². The van der Waals surface area contributed by atoms with E-state index in [4.69, 9.17) is 0 Å². The molecule has 0 atom stereocenters. The Bertz CT molecular complexity index is 739. The summed E-state index contributed by atoms with van der Waals surface area (Å²) in [7, 11) is -3.47. The Morgan fingerprint density at radius 2 is 2.05 bits per heavy atom. The molecule has 0 radical (unpaired) electrons. The molecule has 0 unspecified atom stereocenters. The summed E-state index contributed by atoms with van der Waals surface area (Å²) in [6, 6.07) is 10.8. The van der Waals surface area contributed by atoms with E-state index >= 15 is 0 Å². The van der Waals surface area contributed by atoms with Crippen LogP contribution in [0.25, 0.3) is 0 Å². The lowest BCUT2D eigenvalue weighted by atomic mass is 10.3. The van der Waals surface area contributed by atoms with E-state index < -0.39 is 10.0 Å². The van der Waals surface area contributed by atoms with E-state index in [2.05, 4.69) is 10.3 Å². The average Bonchev–Trinajstić information content (AvgIpc) is 2.99. The largest absolute Gasteiger partial charge is 0.310 e. The predicted molar refractivity (Wildman–Crippen MR) is 84.5 cm³/mol. The number of benzene rings is 1. The maximum atomic E-state index is 12.4. The first-order chi connectivity index (χ1) is 10.2. The number of para-hydroxylation sites is 1. The van der Waals surface area contributed by atoms with Gasteiger partial charge in [0.1, 0.15) is 11.2 Å². The lowest BCUT2D eigenvalue weighted by Gasteiger charge is -2.24. The van der Waals surface area contributed by atoms with Crippen LogP contribution in [0.5, 0.6) is 0 Å². The molecule has 0 spiro atoms. The number of aliphatic imine (C=N–C) groups is 1. The molecule has 0 fully saturated rings. The first-order valence-corrected chi connectivity index (χ1v) is 8.88. The van der Waals surface area contributed by atoms with Crippen molar-refractivity contribution in [1.82, 2.24) is 9.62 Å². The molecule has 1 N–H and O–H groups in total. The summed E-state index contributed by atoms with van der Waals surface area (Å²) in [5.41, 5.74) is 0.500. The molecule has 2 heterocycles. The van der Waals surface area contributed by atoms with E-state index in [0.29, 0.717) is 18.8 Å². The van der Waals surface area contributed by atoms with Gasteiger partial charge in [-0.2, -0.15) is 0 Å². The van der Waals surface area contributed by atoms with Crippen molar-refractivity contribution in [3.8, 4) is 0 Å². The number of nitrogens with one attached hydrogen (secondary N) is 1.